The van der Waals surface area contributed by atoms with Crippen LogP contribution in [0.15, 0.2) is 0 Å². The van der Waals surface area contributed by atoms with E-state index in [1.807, 2.05) is 0 Å². The summed E-state index contributed by atoms with van der Waals surface area (Å²) < 4.78 is 23.4. The molecule has 0 aromatic carbocycles. The number of hydrogen-bond donors (Lipinski definition) is 2. The fourth-order valence-corrected chi connectivity index (χ4v) is 4.57. The summed E-state index contributed by atoms with van der Waals surface area (Å²) in [4.78, 5) is 0. The van der Waals surface area contributed by atoms with Crippen molar-refractivity contribution in [2.75, 3.05) is 19.4 Å². The minimum atomic E-state index is -2.95. The molecule has 0 aromatic heterocycles. The quantitative estimate of drug-likeness (QED) is 0.712. The highest BCUT2D eigenvalue weighted by atomic mass is 32.2. The van der Waals surface area contributed by atoms with Gasteiger partial charge in [0, 0.05) is 18.9 Å². The van der Waals surface area contributed by atoms with Crippen LogP contribution in [0.2, 0.25) is 0 Å². The van der Waals surface area contributed by atoms with Crippen molar-refractivity contribution < 1.29 is 13.5 Å². The summed E-state index contributed by atoms with van der Waals surface area (Å²) in [6.07, 6.45) is 5.93. The molecule has 0 spiro atoms. The molecule has 5 heteroatoms. The second-order valence-corrected chi connectivity index (χ2v) is 8.59. The molecule has 3 unspecified atom stereocenters. The van der Waals surface area contributed by atoms with Gasteiger partial charge in [0.05, 0.1) is 5.25 Å². The Kier molecular flexibility index (Phi) is 6.77. The lowest BCUT2D eigenvalue weighted by Crippen LogP contribution is -2.42. The van der Waals surface area contributed by atoms with Crippen molar-refractivity contribution in [3.05, 3.63) is 0 Å². The molecule has 3 atom stereocenters. The van der Waals surface area contributed by atoms with Gasteiger partial charge >= 0.3 is 0 Å². The maximum atomic E-state index is 11.7. The smallest absolute Gasteiger partial charge is 0.151 e. The highest BCUT2D eigenvalue weighted by Gasteiger charge is 2.34. The molecule has 0 radical (unpaired) electrons. The maximum absolute atomic E-state index is 11.7. The van der Waals surface area contributed by atoms with E-state index < -0.39 is 9.84 Å². The molecule has 0 heterocycles. The van der Waals surface area contributed by atoms with Crippen molar-refractivity contribution in [3.8, 4) is 0 Å². The van der Waals surface area contributed by atoms with Gasteiger partial charge in [-0.2, -0.15) is 0 Å². The molecular weight excluding hydrogens is 262 g/mol. The minimum absolute atomic E-state index is 0.100. The number of rotatable bonds is 8. The Labute approximate surface area is 117 Å². The Hall–Kier alpha value is -0.130. The van der Waals surface area contributed by atoms with Crippen LogP contribution in [0.3, 0.4) is 0 Å². The first kappa shape index (κ1) is 16.9. The van der Waals surface area contributed by atoms with Gasteiger partial charge in [0.1, 0.15) is 0 Å². The number of aliphatic hydroxyl groups excluding tert-OH is 1. The van der Waals surface area contributed by atoms with Crippen LogP contribution in [0.25, 0.3) is 0 Å². The molecule has 1 aliphatic carbocycles. The summed E-state index contributed by atoms with van der Waals surface area (Å²) in [7, 11) is -2.95. The second-order valence-electron chi connectivity index (χ2n) is 6.32. The van der Waals surface area contributed by atoms with Crippen molar-refractivity contribution in [1.29, 1.82) is 0 Å². The van der Waals surface area contributed by atoms with Crippen LogP contribution in [0.4, 0.5) is 0 Å². The molecule has 1 aliphatic rings. The third-order valence-corrected chi connectivity index (χ3v) is 5.68. The van der Waals surface area contributed by atoms with E-state index in [2.05, 4.69) is 19.2 Å². The van der Waals surface area contributed by atoms with Crippen LogP contribution >= 0.6 is 0 Å². The van der Waals surface area contributed by atoms with Gasteiger partial charge in [0.2, 0.25) is 0 Å². The largest absolute Gasteiger partial charge is 0.396 e. The van der Waals surface area contributed by atoms with E-state index in [4.69, 9.17) is 5.11 Å². The van der Waals surface area contributed by atoms with E-state index in [0.29, 0.717) is 11.8 Å². The Bertz CT molecular complexity index is 354. The van der Waals surface area contributed by atoms with E-state index in [0.717, 1.165) is 38.6 Å². The lowest BCUT2D eigenvalue weighted by atomic mass is 9.94. The van der Waals surface area contributed by atoms with Crippen molar-refractivity contribution in [2.45, 2.75) is 57.2 Å². The predicted octanol–water partition coefficient (Wildman–Crippen LogP) is 1.59. The summed E-state index contributed by atoms with van der Waals surface area (Å²) in [6, 6.07) is 0.100. The summed E-state index contributed by atoms with van der Waals surface area (Å²) in [5.41, 5.74) is 0. The van der Waals surface area contributed by atoms with Gasteiger partial charge < -0.3 is 10.4 Å². The van der Waals surface area contributed by atoms with Crippen LogP contribution in [0.1, 0.15) is 46.0 Å². The molecule has 1 rings (SSSR count). The number of nitrogens with one attached hydrogen (secondary N) is 1. The molecular formula is C14H29NO3S. The minimum Gasteiger partial charge on any atom is -0.396 e. The first-order valence-electron chi connectivity index (χ1n) is 7.37. The van der Waals surface area contributed by atoms with E-state index in [1.54, 1.807) is 0 Å². The van der Waals surface area contributed by atoms with E-state index in [-0.39, 0.29) is 17.9 Å². The van der Waals surface area contributed by atoms with Crippen LogP contribution in [-0.4, -0.2) is 44.2 Å². The number of sulfone groups is 1. The average molecular weight is 291 g/mol. The maximum Gasteiger partial charge on any atom is 0.151 e. The summed E-state index contributed by atoms with van der Waals surface area (Å²) in [6.45, 7) is 5.38. The third kappa shape index (κ3) is 5.79. The zero-order valence-electron chi connectivity index (χ0n) is 12.4. The topological polar surface area (TPSA) is 66.4 Å². The van der Waals surface area contributed by atoms with Crippen molar-refractivity contribution >= 4 is 9.84 Å². The Morgan fingerprint density at radius 2 is 2.00 bits per heavy atom. The molecule has 4 nitrogen and oxygen atoms in total. The highest BCUT2D eigenvalue weighted by Crippen LogP contribution is 2.25. The SMILES string of the molecule is CC(C)CC(CCO)CNC1CCCC1S(C)(=O)=O. The fraction of sp³-hybridized carbons (Fsp3) is 1.00. The van der Waals surface area contributed by atoms with Crippen molar-refractivity contribution in [3.63, 3.8) is 0 Å². The van der Waals surface area contributed by atoms with Gasteiger partial charge in [-0.3, -0.25) is 0 Å². The van der Waals surface area contributed by atoms with Crippen LogP contribution in [0, 0.1) is 11.8 Å². The summed E-state index contributed by atoms with van der Waals surface area (Å²) >= 11 is 0. The lowest BCUT2D eigenvalue weighted by Gasteiger charge is -2.24. The monoisotopic (exact) mass is 291 g/mol. The van der Waals surface area contributed by atoms with Crippen molar-refractivity contribution in [1.82, 2.24) is 5.32 Å². The molecule has 114 valence electrons. The Morgan fingerprint density at radius 1 is 1.32 bits per heavy atom. The average Bonchev–Trinajstić information content (AvgIpc) is 2.73. The molecule has 0 bridgehead atoms. The van der Waals surface area contributed by atoms with Gasteiger partial charge in [-0.05, 0) is 44.1 Å². The van der Waals surface area contributed by atoms with Crippen molar-refractivity contribution in [2.24, 2.45) is 11.8 Å². The highest BCUT2D eigenvalue weighted by molar-refractivity contribution is 7.91. The molecule has 19 heavy (non-hydrogen) atoms. The first-order chi connectivity index (χ1) is 8.84. The van der Waals surface area contributed by atoms with Gasteiger partial charge in [0.15, 0.2) is 9.84 Å². The summed E-state index contributed by atoms with van der Waals surface area (Å²) in [5.74, 6) is 1.04. The van der Waals surface area contributed by atoms with E-state index in [1.165, 1.54) is 6.26 Å². The predicted molar refractivity (Wildman–Crippen MR) is 78.9 cm³/mol. The van der Waals surface area contributed by atoms with Crippen LogP contribution in [-0.2, 0) is 9.84 Å². The number of hydrogen-bond acceptors (Lipinski definition) is 4. The first-order valence-corrected chi connectivity index (χ1v) is 9.33. The Balaban J connectivity index is 2.49. The molecule has 0 amide bonds. The standard InChI is InChI=1S/C14H29NO3S/c1-11(2)9-12(7-8-16)10-15-13-5-4-6-14(13)19(3,17)18/h11-16H,4-10H2,1-3H3. The molecule has 0 saturated heterocycles. The van der Waals surface area contributed by atoms with Crippen LogP contribution < -0.4 is 5.32 Å². The van der Waals surface area contributed by atoms with Gasteiger partial charge in [-0.25, -0.2) is 8.42 Å². The molecule has 0 aliphatic heterocycles. The van der Waals surface area contributed by atoms with Gasteiger partial charge in [0.25, 0.3) is 0 Å². The molecule has 1 saturated carbocycles. The molecule has 1 fully saturated rings. The zero-order chi connectivity index (χ0) is 14.5. The Morgan fingerprint density at radius 3 is 2.53 bits per heavy atom. The van der Waals surface area contributed by atoms with Gasteiger partial charge in [-0.1, -0.05) is 20.3 Å². The fourth-order valence-electron chi connectivity index (χ4n) is 3.14. The third-order valence-electron chi connectivity index (χ3n) is 4.01. The summed E-state index contributed by atoms with van der Waals surface area (Å²) in [5, 5.41) is 12.3. The van der Waals surface area contributed by atoms with Crippen LogP contribution in [0.5, 0.6) is 0 Å². The second kappa shape index (κ2) is 7.60. The van der Waals surface area contributed by atoms with Gasteiger partial charge in [-0.15, -0.1) is 0 Å². The molecule has 0 aromatic rings. The van der Waals surface area contributed by atoms with E-state index >= 15 is 0 Å². The molecule has 2 N–H and O–H groups in total. The lowest BCUT2D eigenvalue weighted by molar-refractivity contribution is 0.236. The normalized spacial score (nSPS) is 25.9. The number of aliphatic hydroxyl groups is 1. The zero-order valence-corrected chi connectivity index (χ0v) is 13.2. The van der Waals surface area contributed by atoms with E-state index in [9.17, 15) is 8.42 Å².